The SMILES string of the molecule is Nc1cc(F)cc(C(=O)CCl)c1Cl. The summed E-state index contributed by atoms with van der Waals surface area (Å²) >= 11 is 11.0. The lowest BCUT2D eigenvalue weighted by Crippen LogP contribution is -2.04. The number of alkyl halides is 1. The van der Waals surface area contributed by atoms with Gasteiger partial charge in [0.25, 0.3) is 0 Å². The molecule has 1 rings (SSSR count). The third-order valence-electron chi connectivity index (χ3n) is 1.49. The molecule has 13 heavy (non-hydrogen) atoms. The van der Waals surface area contributed by atoms with Gasteiger partial charge in [-0.2, -0.15) is 0 Å². The fourth-order valence-electron chi connectivity index (χ4n) is 0.885. The summed E-state index contributed by atoms with van der Waals surface area (Å²) in [6.07, 6.45) is 0. The number of hydrogen-bond donors (Lipinski definition) is 1. The number of anilines is 1. The van der Waals surface area contributed by atoms with E-state index in [0.29, 0.717) is 0 Å². The van der Waals surface area contributed by atoms with Crippen molar-refractivity contribution in [2.75, 3.05) is 11.6 Å². The third kappa shape index (κ3) is 2.11. The maximum atomic E-state index is 12.8. The fraction of sp³-hybridized carbons (Fsp3) is 0.125. The van der Waals surface area contributed by atoms with Gasteiger partial charge in [0.1, 0.15) is 5.82 Å². The largest absolute Gasteiger partial charge is 0.397 e. The lowest BCUT2D eigenvalue weighted by molar-refractivity contribution is 0.102. The van der Waals surface area contributed by atoms with Crippen molar-refractivity contribution in [3.63, 3.8) is 0 Å². The Bertz CT molecular complexity index is 354. The first-order chi connectivity index (χ1) is 6.06. The zero-order valence-electron chi connectivity index (χ0n) is 6.48. The van der Waals surface area contributed by atoms with Crippen molar-refractivity contribution in [3.8, 4) is 0 Å². The number of halogens is 3. The molecule has 1 aromatic rings. The zero-order valence-corrected chi connectivity index (χ0v) is 7.99. The van der Waals surface area contributed by atoms with Gasteiger partial charge in [-0.3, -0.25) is 4.79 Å². The Hall–Kier alpha value is -0.800. The molecule has 0 unspecified atom stereocenters. The average molecular weight is 222 g/mol. The molecule has 0 aliphatic carbocycles. The van der Waals surface area contributed by atoms with Gasteiger partial charge in [0.05, 0.1) is 16.6 Å². The fourth-order valence-corrected chi connectivity index (χ4v) is 1.24. The first-order valence-electron chi connectivity index (χ1n) is 3.40. The molecular formula is C8H6Cl2FNO. The first-order valence-corrected chi connectivity index (χ1v) is 4.31. The molecule has 0 aromatic heterocycles. The number of carbonyl (C=O) groups excluding carboxylic acids is 1. The molecule has 0 amide bonds. The van der Waals surface area contributed by atoms with Gasteiger partial charge >= 0.3 is 0 Å². The van der Waals surface area contributed by atoms with Gasteiger partial charge < -0.3 is 5.73 Å². The smallest absolute Gasteiger partial charge is 0.179 e. The third-order valence-corrected chi connectivity index (χ3v) is 2.15. The van der Waals surface area contributed by atoms with Crippen molar-refractivity contribution in [1.82, 2.24) is 0 Å². The Balaban J connectivity index is 3.28. The Morgan fingerprint density at radius 2 is 2.15 bits per heavy atom. The van der Waals surface area contributed by atoms with Crippen molar-refractivity contribution in [2.24, 2.45) is 0 Å². The lowest BCUT2D eigenvalue weighted by Gasteiger charge is -2.03. The molecule has 2 N–H and O–H groups in total. The Kier molecular flexibility index (Phi) is 3.12. The van der Waals surface area contributed by atoms with Gasteiger partial charge in [0.15, 0.2) is 5.78 Å². The first kappa shape index (κ1) is 10.3. The molecule has 0 aliphatic rings. The standard InChI is InChI=1S/C8H6Cl2FNO/c9-3-7(13)5-1-4(11)2-6(12)8(5)10/h1-2H,3,12H2. The van der Waals surface area contributed by atoms with Crippen LogP contribution in [-0.2, 0) is 0 Å². The molecule has 0 bridgehead atoms. The van der Waals surface area contributed by atoms with Crippen LogP contribution in [0.1, 0.15) is 10.4 Å². The maximum absolute atomic E-state index is 12.8. The number of nitrogen functional groups attached to an aromatic ring is 1. The van der Waals surface area contributed by atoms with E-state index in [1.807, 2.05) is 0 Å². The molecule has 1 aromatic carbocycles. The minimum atomic E-state index is -0.602. The van der Waals surface area contributed by atoms with Crippen LogP contribution < -0.4 is 5.73 Å². The van der Waals surface area contributed by atoms with Crippen LogP contribution in [0.5, 0.6) is 0 Å². The number of nitrogens with two attached hydrogens (primary N) is 1. The summed E-state index contributed by atoms with van der Waals surface area (Å²) in [6.45, 7) is 0. The summed E-state index contributed by atoms with van der Waals surface area (Å²) < 4.78 is 12.8. The van der Waals surface area contributed by atoms with Gasteiger partial charge in [-0.15, -0.1) is 11.6 Å². The second-order valence-electron chi connectivity index (χ2n) is 2.41. The quantitative estimate of drug-likeness (QED) is 0.474. The van der Waals surface area contributed by atoms with Gasteiger partial charge in [-0.25, -0.2) is 4.39 Å². The number of hydrogen-bond acceptors (Lipinski definition) is 2. The number of benzene rings is 1. The van der Waals surface area contributed by atoms with Crippen LogP contribution in [-0.4, -0.2) is 11.7 Å². The van der Waals surface area contributed by atoms with Crippen LogP contribution >= 0.6 is 23.2 Å². The number of carbonyl (C=O) groups is 1. The molecule has 5 heteroatoms. The molecular weight excluding hydrogens is 216 g/mol. The van der Waals surface area contributed by atoms with E-state index in [4.69, 9.17) is 28.9 Å². The lowest BCUT2D eigenvalue weighted by atomic mass is 10.1. The van der Waals surface area contributed by atoms with Crippen molar-refractivity contribution < 1.29 is 9.18 Å². The minimum absolute atomic E-state index is 0.0224. The minimum Gasteiger partial charge on any atom is -0.397 e. The second kappa shape index (κ2) is 3.94. The summed E-state index contributed by atoms with van der Waals surface area (Å²) in [5.41, 5.74) is 5.41. The zero-order chi connectivity index (χ0) is 10.0. The van der Waals surface area contributed by atoms with E-state index in [9.17, 15) is 9.18 Å². The van der Waals surface area contributed by atoms with Crippen LogP contribution in [0.25, 0.3) is 0 Å². The Morgan fingerprint density at radius 3 is 2.69 bits per heavy atom. The Morgan fingerprint density at radius 1 is 1.54 bits per heavy atom. The van der Waals surface area contributed by atoms with Gasteiger partial charge in [0, 0.05) is 5.56 Å². The normalized spacial score (nSPS) is 10.1. The number of rotatable bonds is 2. The molecule has 2 nitrogen and oxygen atoms in total. The monoisotopic (exact) mass is 221 g/mol. The molecule has 0 heterocycles. The molecule has 0 atom stereocenters. The summed E-state index contributed by atoms with van der Waals surface area (Å²) in [7, 11) is 0. The van der Waals surface area contributed by atoms with E-state index in [2.05, 4.69) is 0 Å². The molecule has 0 saturated heterocycles. The van der Waals surface area contributed by atoms with Crippen LogP contribution in [0, 0.1) is 5.82 Å². The average Bonchev–Trinajstić information content (AvgIpc) is 2.10. The molecule has 0 radical (unpaired) electrons. The predicted octanol–water partition coefficient (Wildman–Crippen LogP) is 2.48. The van der Waals surface area contributed by atoms with Gasteiger partial charge in [0.2, 0.25) is 0 Å². The highest BCUT2D eigenvalue weighted by atomic mass is 35.5. The highest BCUT2D eigenvalue weighted by Gasteiger charge is 2.13. The van der Waals surface area contributed by atoms with Crippen molar-refractivity contribution in [3.05, 3.63) is 28.5 Å². The van der Waals surface area contributed by atoms with E-state index < -0.39 is 11.6 Å². The maximum Gasteiger partial charge on any atom is 0.179 e. The summed E-state index contributed by atoms with van der Waals surface area (Å²) in [5, 5.41) is 0.0482. The molecule has 0 saturated carbocycles. The summed E-state index contributed by atoms with van der Waals surface area (Å²) in [6, 6.07) is 2.07. The Labute approximate surface area is 84.4 Å². The highest BCUT2D eigenvalue weighted by Crippen LogP contribution is 2.25. The highest BCUT2D eigenvalue weighted by molar-refractivity contribution is 6.39. The van der Waals surface area contributed by atoms with Gasteiger partial charge in [-0.05, 0) is 12.1 Å². The summed E-state index contributed by atoms with van der Waals surface area (Å²) in [4.78, 5) is 11.1. The number of Topliss-reactive ketones (excluding diaryl/α,β-unsaturated/α-hetero) is 1. The van der Waals surface area contributed by atoms with Crippen molar-refractivity contribution in [2.45, 2.75) is 0 Å². The van der Waals surface area contributed by atoms with Crippen molar-refractivity contribution in [1.29, 1.82) is 0 Å². The van der Waals surface area contributed by atoms with E-state index in [0.717, 1.165) is 12.1 Å². The van der Waals surface area contributed by atoms with Crippen LogP contribution in [0.3, 0.4) is 0 Å². The predicted molar refractivity (Wildman–Crippen MR) is 50.9 cm³/mol. The van der Waals surface area contributed by atoms with E-state index in [-0.39, 0.29) is 22.2 Å². The molecule has 70 valence electrons. The molecule has 0 spiro atoms. The summed E-state index contributed by atoms with van der Waals surface area (Å²) in [5.74, 6) is -1.30. The van der Waals surface area contributed by atoms with E-state index in [1.54, 1.807) is 0 Å². The van der Waals surface area contributed by atoms with E-state index in [1.165, 1.54) is 0 Å². The second-order valence-corrected chi connectivity index (χ2v) is 3.06. The van der Waals surface area contributed by atoms with Crippen LogP contribution in [0.2, 0.25) is 5.02 Å². The van der Waals surface area contributed by atoms with Crippen molar-refractivity contribution >= 4 is 34.7 Å². The van der Waals surface area contributed by atoms with Crippen LogP contribution in [0.15, 0.2) is 12.1 Å². The number of ketones is 1. The molecule has 0 aliphatic heterocycles. The van der Waals surface area contributed by atoms with Crippen LogP contribution in [0.4, 0.5) is 10.1 Å². The van der Waals surface area contributed by atoms with Gasteiger partial charge in [-0.1, -0.05) is 11.6 Å². The molecule has 0 fully saturated rings. The van der Waals surface area contributed by atoms with E-state index >= 15 is 0 Å². The topological polar surface area (TPSA) is 43.1 Å².